The lowest BCUT2D eigenvalue weighted by atomic mass is 9.76. The lowest BCUT2D eigenvalue weighted by molar-refractivity contribution is 0.338. The monoisotopic (exact) mass is 357 g/mol. The van der Waals surface area contributed by atoms with E-state index in [4.69, 9.17) is 4.74 Å². The fourth-order valence-corrected chi connectivity index (χ4v) is 4.73. The Labute approximate surface area is 159 Å². The first-order chi connectivity index (χ1) is 13.3. The largest absolute Gasteiger partial charge is 0.508 e. The first kappa shape index (κ1) is 16.2. The Morgan fingerprint density at radius 3 is 2.89 bits per heavy atom. The van der Waals surface area contributed by atoms with Crippen molar-refractivity contribution in [2.24, 2.45) is 5.92 Å². The first-order valence-corrected chi connectivity index (χ1v) is 9.67. The van der Waals surface area contributed by atoms with E-state index in [-0.39, 0.29) is 6.04 Å². The van der Waals surface area contributed by atoms with Crippen LogP contribution in [0.4, 0.5) is 5.69 Å². The van der Waals surface area contributed by atoms with Crippen molar-refractivity contribution >= 4 is 16.5 Å². The van der Waals surface area contributed by atoms with Gasteiger partial charge >= 0.3 is 0 Å². The lowest BCUT2D eigenvalue weighted by Gasteiger charge is -2.38. The Kier molecular flexibility index (Phi) is 3.82. The predicted octanol–water partition coefficient (Wildman–Crippen LogP) is 5.77. The Bertz CT molecular complexity index is 1040. The van der Waals surface area contributed by atoms with Gasteiger partial charge in [0.2, 0.25) is 0 Å². The van der Waals surface area contributed by atoms with E-state index in [0.717, 1.165) is 34.2 Å². The molecule has 3 aromatic rings. The Hall–Kier alpha value is -2.94. The SMILES string of the molecule is CCOc1ccc2c(c1)C1C=CCC1C(c1c(O)ccc3ccccc13)N2. The molecule has 0 amide bonds. The maximum Gasteiger partial charge on any atom is 0.121 e. The number of hydrogen-bond donors (Lipinski definition) is 2. The van der Waals surface area contributed by atoms with Crippen LogP contribution in [0.2, 0.25) is 0 Å². The molecule has 3 aromatic carbocycles. The second kappa shape index (κ2) is 6.34. The molecule has 0 saturated carbocycles. The fraction of sp³-hybridized carbons (Fsp3) is 0.250. The average molecular weight is 357 g/mol. The summed E-state index contributed by atoms with van der Waals surface area (Å²) in [6.07, 6.45) is 5.59. The summed E-state index contributed by atoms with van der Waals surface area (Å²) < 4.78 is 5.72. The molecule has 0 radical (unpaired) electrons. The molecular weight excluding hydrogens is 334 g/mol. The molecule has 1 heterocycles. The van der Waals surface area contributed by atoms with Gasteiger partial charge in [0.25, 0.3) is 0 Å². The number of ether oxygens (including phenoxy) is 1. The summed E-state index contributed by atoms with van der Waals surface area (Å²) in [6.45, 7) is 2.68. The highest BCUT2D eigenvalue weighted by molar-refractivity contribution is 5.89. The highest BCUT2D eigenvalue weighted by Crippen LogP contribution is 2.52. The van der Waals surface area contributed by atoms with Crippen LogP contribution in [0.15, 0.2) is 66.7 Å². The molecule has 3 nitrogen and oxygen atoms in total. The number of rotatable bonds is 3. The van der Waals surface area contributed by atoms with E-state index in [1.54, 1.807) is 0 Å². The summed E-state index contributed by atoms with van der Waals surface area (Å²) >= 11 is 0. The molecule has 0 saturated heterocycles. The number of nitrogens with one attached hydrogen (secondary N) is 1. The third-order valence-electron chi connectivity index (χ3n) is 5.90. The third kappa shape index (κ3) is 2.57. The smallest absolute Gasteiger partial charge is 0.121 e. The highest BCUT2D eigenvalue weighted by atomic mass is 16.5. The molecular formula is C24H23NO2. The van der Waals surface area contributed by atoms with Crippen molar-refractivity contribution in [3.63, 3.8) is 0 Å². The molecule has 0 aromatic heterocycles. The van der Waals surface area contributed by atoms with Crippen LogP contribution >= 0.6 is 0 Å². The topological polar surface area (TPSA) is 41.5 Å². The normalized spacial score (nSPS) is 22.9. The van der Waals surface area contributed by atoms with Crippen LogP contribution in [0.5, 0.6) is 11.5 Å². The number of benzene rings is 3. The zero-order chi connectivity index (χ0) is 18.4. The standard InChI is InChI=1S/C24H23NO2/c1-2-27-16-11-12-21-20(14-16)18-8-5-9-19(18)24(25-21)23-17-7-4-3-6-15(17)10-13-22(23)26/h3-8,10-14,18-19,24-26H,2,9H2,1H3. The van der Waals surface area contributed by atoms with Gasteiger partial charge in [-0.1, -0.05) is 42.5 Å². The number of aromatic hydroxyl groups is 1. The highest BCUT2D eigenvalue weighted by Gasteiger charge is 2.39. The van der Waals surface area contributed by atoms with Gasteiger partial charge in [-0.25, -0.2) is 0 Å². The van der Waals surface area contributed by atoms with Gasteiger partial charge in [-0.2, -0.15) is 0 Å². The summed E-state index contributed by atoms with van der Waals surface area (Å²) in [5, 5.41) is 16.8. The van der Waals surface area contributed by atoms with Crippen molar-refractivity contribution in [2.45, 2.75) is 25.3 Å². The van der Waals surface area contributed by atoms with Crippen LogP contribution in [0.3, 0.4) is 0 Å². The molecule has 2 aliphatic rings. The first-order valence-electron chi connectivity index (χ1n) is 9.67. The Balaban J connectivity index is 1.65. The van der Waals surface area contributed by atoms with Gasteiger partial charge in [-0.05, 0) is 59.9 Å². The number of phenolic OH excluding ortho intramolecular Hbond substituents is 1. The van der Waals surface area contributed by atoms with E-state index in [2.05, 4.69) is 41.7 Å². The van der Waals surface area contributed by atoms with E-state index in [9.17, 15) is 5.11 Å². The zero-order valence-corrected chi connectivity index (χ0v) is 15.4. The summed E-state index contributed by atoms with van der Waals surface area (Å²) in [6, 6.07) is 18.5. The van der Waals surface area contributed by atoms with Gasteiger partial charge in [0, 0.05) is 17.2 Å². The van der Waals surface area contributed by atoms with E-state index >= 15 is 0 Å². The second-order valence-corrected chi connectivity index (χ2v) is 7.38. The van der Waals surface area contributed by atoms with Crippen LogP contribution < -0.4 is 10.1 Å². The summed E-state index contributed by atoms with van der Waals surface area (Å²) in [5.74, 6) is 2.01. The minimum absolute atomic E-state index is 0.0709. The van der Waals surface area contributed by atoms with Gasteiger partial charge in [0.15, 0.2) is 0 Å². The molecule has 1 aliphatic carbocycles. The van der Waals surface area contributed by atoms with Crippen molar-refractivity contribution in [1.29, 1.82) is 0 Å². The van der Waals surface area contributed by atoms with Crippen LogP contribution in [-0.2, 0) is 0 Å². The molecule has 3 heteroatoms. The molecule has 0 fully saturated rings. The summed E-state index contributed by atoms with van der Waals surface area (Å²) in [7, 11) is 0. The number of allylic oxidation sites excluding steroid dienone is 2. The molecule has 0 spiro atoms. The van der Waals surface area contributed by atoms with Crippen LogP contribution in [0.25, 0.3) is 10.8 Å². The Morgan fingerprint density at radius 1 is 1.11 bits per heavy atom. The predicted molar refractivity (Wildman–Crippen MR) is 110 cm³/mol. The lowest BCUT2D eigenvalue weighted by Crippen LogP contribution is -2.29. The molecule has 0 bridgehead atoms. The Morgan fingerprint density at radius 2 is 2.00 bits per heavy atom. The number of phenols is 1. The van der Waals surface area contributed by atoms with Gasteiger partial charge in [-0.15, -0.1) is 0 Å². The van der Waals surface area contributed by atoms with E-state index in [1.807, 2.05) is 37.3 Å². The maximum atomic E-state index is 10.8. The van der Waals surface area contributed by atoms with Crippen molar-refractivity contribution in [3.8, 4) is 11.5 Å². The third-order valence-corrected chi connectivity index (χ3v) is 5.90. The van der Waals surface area contributed by atoms with Crippen molar-refractivity contribution in [1.82, 2.24) is 0 Å². The molecule has 3 atom stereocenters. The van der Waals surface area contributed by atoms with E-state index in [0.29, 0.717) is 24.2 Å². The van der Waals surface area contributed by atoms with Gasteiger partial charge < -0.3 is 15.2 Å². The number of hydrogen-bond acceptors (Lipinski definition) is 3. The number of anilines is 1. The minimum atomic E-state index is 0.0709. The van der Waals surface area contributed by atoms with Gasteiger partial charge in [-0.3, -0.25) is 0 Å². The minimum Gasteiger partial charge on any atom is -0.508 e. The van der Waals surface area contributed by atoms with Crippen LogP contribution in [-0.4, -0.2) is 11.7 Å². The number of fused-ring (bicyclic) bond motifs is 4. The van der Waals surface area contributed by atoms with Crippen LogP contribution in [0, 0.1) is 5.92 Å². The second-order valence-electron chi connectivity index (χ2n) is 7.38. The summed E-state index contributed by atoms with van der Waals surface area (Å²) in [4.78, 5) is 0. The maximum absolute atomic E-state index is 10.8. The molecule has 27 heavy (non-hydrogen) atoms. The van der Waals surface area contributed by atoms with Gasteiger partial charge in [0.1, 0.15) is 11.5 Å². The molecule has 2 N–H and O–H groups in total. The molecule has 136 valence electrons. The van der Waals surface area contributed by atoms with Crippen LogP contribution in [0.1, 0.15) is 36.4 Å². The average Bonchev–Trinajstić information content (AvgIpc) is 3.18. The fourth-order valence-electron chi connectivity index (χ4n) is 4.73. The van der Waals surface area contributed by atoms with Crippen molar-refractivity contribution < 1.29 is 9.84 Å². The van der Waals surface area contributed by atoms with Gasteiger partial charge in [0.05, 0.1) is 12.6 Å². The van der Waals surface area contributed by atoms with E-state index < -0.39 is 0 Å². The van der Waals surface area contributed by atoms with Crippen molar-refractivity contribution in [2.75, 3.05) is 11.9 Å². The molecule has 1 aliphatic heterocycles. The quantitative estimate of drug-likeness (QED) is 0.585. The summed E-state index contributed by atoms with van der Waals surface area (Å²) in [5.41, 5.74) is 3.42. The zero-order valence-electron chi connectivity index (χ0n) is 15.4. The molecule has 5 rings (SSSR count). The molecule has 3 unspecified atom stereocenters. The van der Waals surface area contributed by atoms with E-state index in [1.165, 1.54) is 5.56 Å². The van der Waals surface area contributed by atoms with Crippen molar-refractivity contribution in [3.05, 3.63) is 77.9 Å².